The van der Waals surface area contributed by atoms with Crippen molar-refractivity contribution >= 4 is 17.3 Å². The number of hydrogen-bond acceptors (Lipinski definition) is 5. The molecule has 1 aromatic carbocycles. The van der Waals surface area contributed by atoms with Gasteiger partial charge in [-0.2, -0.15) is 5.26 Å². The minimum absolute atomic E-state index is 0.00642. The second-order valence-electron chi connectivity index (χ2n) is 4.68. The predicted octanol–water partition coefficient (Wildman–Crippen LogP) is 1.67. The van der Waals surface area contributed by atoms with Crippen molar-refractivity contribution in [2.24, 2.45) is 0 Å². The van der Waals surface area contributed by atoms with E-state index >= 15 is 0 Å². The van der Waals surface area contributed by atoms with Gasteiger partial charge >= 0.3 is 5.97 Å². The third-order valence-electron chi connectivity index (χ3n) is 3.26. The zero-order valence-corrected chi connectivity index (χ0v) is 10.9. The Bertz CT molecular complexity index is 514. The van der Waals surface area contributed by atoms with Crippen LogP contribution in [-0.2, 0) is 9.53 Å². The van der Waals surface area contributed by atoms with Gasteiger partial charge in [0.2, 0.25) is 0 Å². The third-order valence-corrected chi connectivity index (χ3v) is 3.26. The smallest absolute Gasteiger partial charge is 0.302 e. The highest BCUT2D eigenvalue weighted by Crippen LogP contribution is 2.26. The first-order chi connectivity index (χ1) is 9.10. The lowest BCUT2D eigenvalue weighted by atomic mass is 10.0. The van der Waals surface area contributed by atoms with Crippen molar-refractivity contribution in [1.82, 2.24) is 0 Å². The summed E-state index contributed by atoms with van der Waals surface area (Å²) in [4.78, 5) is 13.0. The summed E-state index contributed by atoms with van der Waals surface area (Å²) in [6, 6.07) is 7.53. The zero-order valence-electron chi connectivity index (χ0n) is 10.9. The standard InChI is InChI=1S/C14H17N3O2/c1-10(18)19-13-4-6-17(7-5-13)14-3-2-12(16)8-11(14)9-15/h2-3,8,13H,4-7,16H2,1H3. The highest BCUT2D eigenvalue weighted by atomic mass is 16.5. The van der Waals surface area contributed by atoms with E-state index in [0.717, 1.165) is 31.6 Å². The molecule has 1 aliphatic rings. The van der Waals surface area contributed by atoms with Crippen LogP contribution in [0.1, 0.15) is 25.3 Å². The van der Waals surface area contributed by atoms with Gasteiger partial charge in [0.1, 0.15) is 12.2 Å². The minimum atomic E-state index is -0.233. The van der Waals surface area contributed by atoms with Gasteiger partial charge in [0.15, 0.2) is 0 Å². The normalized spacial score (nSPS) is 15.9. The summed E-state index contributed by atoms with van der Waals surface area (Å²) in [5, 5.41) is 9.14. The van der Waals surface area contributed by atoms with E-state index in [1.165, 1.54) is 6.92 Å². The number of benzene rings is 1. The summed E-state index contributed by atoms with van der Waals surface area (Å²) in [5.74, 6) is -0.233. The van der Waals surface area contributed by atoms with Crippen molar-refractivity contribution in [3.05, 3.63) is 23.8 Å². The van der Waals surface area contributed by atoms with E-state index in [2.05, 4.69) is 11.0 Å². The molecule has 2 rings (SSSR count). The van der Waals surface area contributed by atoms with Gasteiger partial charge in [0, 0.05) is 38.5 Å². The zero-order chi connectivity index (χ0) is 13.8. The highest BCUT2D eigenvalue weighted by molar-refractivity contribution is 5.66. The van der Waals surface area contributed by atoms with Crippen LogP contribution in [-0.4, -0.2) is 25.2 Å². The van der Waals surface area contributed by atoms with Crippen LogP contribution in [0.15, 0.2) is 18.2 Å². The van der Waals surface area contributed by atoms with Crippen LogP contribution in [0.5, 0.6) is 0 Å². The van der Waals surface area contributed by atoms with E-state index in [0.29, 0.717) is 11.3 Å². The van der Waals surface area contributed by atoms with E-state index < -0.39 is 0 Å². The molecule has 0 amide bonds. The van der Waals surface area contributed by atoms with Crippen molar-refractivity contribution in [1.29, 1.82) is 5.26 Å². The average molecular weight is 259 g/mol. The molecule has 0 saturated carbocycles. The van der Waals surface area contributed by atoms with Crippen LogP contribution in [0.3, 0.4) is 0 Å². The molecule has 1 aliphatic heterocycles. The fraction of sp³-hybridized carbons (Fsp3) is 0.429. The topological polar surface area (TPSA) is 79.3 Å². The Labute approximate surface area is 112 Å². The molecule has 2 N–H and O–H groups in total. The van der Waals surface area contributed by atoms with Gasteiger partial charge in [-0.3, -0.25) is 4.79 Å². The summed E-state index contributed by atoms with van der Waals surface area (Å²) in [6.45, 7) is 2.98. The Morgan fingerprint density at radius 1 is 1.47 bits per heavy atom. The molecule has 0 spiro atoms. The molecular formula is C14H17N3O2. The second kappa shape index (κ2) is 5.61. The molecule has 0 atom stereocenters. The van der Waals surface area contributed by atoms with Crippen LogP contribution in [0.2, 0.25) is 0 Å². The largest absolute Gasteiger partial charge is 0.462 e. The van der Waals surface area contributed by atoms with Crippen molar-refractivity contribution in [2.75, 3.05) is 23.7 Å². The highest BCUT2D eigenvalue weighted by Gasteiger charge is 2.22. The Morgan fingerprint density at radius 2 is 2.16 bits per heavy atom. The number of ether oxygens (including phenoxy) is 1. The number of carbonyl (C=O) groups excluding carboxylic acids is 1. The number of carbonyl (C=O) groups is 1. The number of nitriles is 1. The summed E-state index contributed by atoms with van der Waals surface area (Å²) >= 11 is 0. The number of nitrogens with zero attached hydrogens (tertiary/aromatic N) is 2. The van der Waals surface area contributed by atoms with Crippen LogP contribution in [0.4, 0.5) is 11.4 Å². The lowest BCUT2D eigenvalue weighted by Crippen LogP contribution is -2.38. The summed E-state index contributed by atoms with van der Waals surface area (Å²) in [5.41, 5.74) is 7.76. The average Bonchev–Trinajstić information content (AvgIpc) is 2.39. The van der Waals surface area contributed by atoms with Crippen LogP contribution >= 0.6 is 0 Å². The molecule has 5 nitrogen and oxygen atoms in total. The van der Waals surface area contributed by atoms with E-state index in [1.807, 2.05) is 6.07 Å². The Kier molecular flexibility index (Phi) is 3.91. The van der Waals surface area contributed by atoms with Gasteiger partial charge in [0.05, 0.1) is 11.3 Å². The molecule has 1 saturated heterocycles. The van der Waals surface area contributed by atoms with E-state index in [9.17, 15) is 4.79 Å². The summed E-state index contributed by atoms with van der Waals surface area (Å²) in [6.07, 6.45) is 1.57. The van der Waals surface area contributed by atoms with Gasteiger partial charge in [-0.25, -0.2) is 0 Å². The number of anilines is 2. The molecule has 0 unspecified atom stereocenters. The molecular weight excluding hydrogens is 242 g/mol. The lowest BCUT2D eigenvalue weighted by molar-refractivity contribution is -0.147. The van der Waals surface area contributed by atoms with Crippen molar-refractivity contribution in [3.8, 4) is 6.07 Å². The Hall–Kier alpha value is -2.22. The van der Waals surface area contributed by atoms with Gasteiger partial charge in [-0.15, -0.1) is 0 Å². The number of nitrogen functional groups attached to an aromatic ring is 1. The van der Waals surface area contributed by atoms with E-state index in [4.69, 9.17) is 15.7 Å². The number of hydrogen-bond donors (Lipinski definition) is 1. The van der Waals surface area contributed by atoms with Crippen LogP contribution in [0.25, 0.3) is 0 Å². The number of esters is 1. The summed E-state index contributed by atoms with van der Waals surface area (Å²) in [7, 11) is 0. The lowest BCUT2D eigenvalue weighted by Gasteiger charge is -2.33. The molecule has 0 aromatic heterocycles. The van der Waals surface area contributed by atoms with Gasteiger partial charge < -0.3 is 15.4 Å². The fourth-order valence-electron chi connectivity index (χ4n) is 2.37. The third kappa shape index (κ3) is 3.16. The van der Waals surface area contributed by atoms with E-state index in [-0.39, 0.29) is 12.1 Å². The van der Waals surface area contributed by atoms with Gasteiger partial charge in [0.25, 0.3) is 0 Å². The number of piperidine rings is 1. The SMILES string of the molecule is CC(=O)OC1CCN(c2ccc(N)cc2C#N)CC1. The molecule has 1 fully saturated rings. The van der Waals surface area contributed by atoms with Gasteiger partial charge in [-0.1, -0.05) is 0 Å². The van der Waals surface area contributed by atoms with E-state index in [1.54, 1.807) is 12.1 Å². The van der Waals surface area contributed by atoms with Crippen molar-refractivity contribution in [3.63, 3.8) is 0 Å². The first-order valence-corrected chi connectivity index (χ1v) is 6.32. The molecule has 0 aliphatic carbocycles. The maximum atomic E-state index is 10.9. The molecule has 1 heterocycles. The minimum Gasteiger partial charge on any atom is -0.462 e. The number of rotatable bonds is 2. The van der Waals surface area contributed by atoms with Crippen LogP contribution < -0.4 is 10.6 Å². The monoisotopic (exact) mass is 259 g/mol. The molecule has 100 valence electrons. The fourth-order valence-corrected chi connectivity index (χ4v) is 2.37. The molecule has 1 aromatic rings. The maximum absolute atomic E-state index is 10.9. The number of nitrogens with two attached hydrogens (primary N) is 1. The molecule has 0 radical (unpaired) electrons. The quantitative estimate of drug-likeness (QED) is 0.645. The molecule has 0 bridgehead atoms. The summed E-state index contributed by atoms with van der Waals surface area (Å²) < 4.78 is 5.20. The Balaban J connectivity index is 2.06. The maximum Gasteiger partial charge on any atom is 0.302 e. The first-order valence-electron chi connectivity index (χ1n) is 6.32. The van der Waals surface area contributed by atoms with Crippen molar-refractivity contribution in [2.45, 2.75) is 25.9 Å². The first kappa shape index (κ1) is 13.2. The molecule has 19 heavy (non-hydrogen) atoms. The van der Waals surface area contributed by atoms with Crippen molar-refractivity contribution < 1.29 is 9.53 Å². The predicted molar refractivity (Wildman–Crippen MR) is 72.6 cm³/mol. The van der Waals surface area contributed by atoms with Crippen LogP contribution in [0, 0.1) is 11.3 Å². The van der Waals surface area contributed by atoms with Gasteiger partial charge in [-0.05, 0) is 18.2 Å². The Morgan fingerprint density at radius 3 is 2.74 bits per heavy atom. The second-order valence-corrected chi connectivity index (χ2v) is 4.68. The molecule has 5 heteroatoms.